The molecular weight excluding hydrogens is 229 g/mol. The number of methoxy groups -OCH3 is 1. The Balaban J connectivity index is 3.32. The summed E-state index contributed by atoms with van der Waals surface area (Å²) >= 11 is 11.3. The standard InChI is InChI=1S/C8H7Cl2NO3/c1-14-8-3-7(11(12)13)5(4-9)2-6(8)10/h2-3H,4H2,1H3. The van der Waals surface area contributed by atoms with Gasteiger partial charge in [0.1, 0.15) is 5.75 Å². The smallest absolute Gasteiger partial charge is 0.277 e. The summed E-state index contributed by atoms with van der Waals surface area (Å²) in [7, 11) is 1.39. The Hall–Kier alpha value is -1.000. The molecule has 1 aromatic carbocycles. The number of ether oxygens (including phenoxy) is 1. The Morgan fingerprint density at radius 1 is 1.57 bits per heavy atom. The lowest BCUT2D eigenvalue weighted by Gasteiger charge is -2.05. The van der Waals surface area contributed by atoms with Crippen molar-refractivity contribution in [2.75, 3.05) is 7.11 Å². The van der Waals surface area contributed by atoms with Crippen molar-refractivity contribution in [3.8, 4) is 5.75 Å². The van der Waals surface area contributed by atoms with Crippen molar-refractivity contribution in [1.82, 2.24) is 0 Å². The van der Waals surface area contributed by atoms with Crippen molar-refractivity contribution >= 4 is 28.9 Å². The third-order valence-electron chi connectivity index (χ3n) is 1.69. The molecule has 0 N–H and O–H groups in total. The van der Waals surface area contributed by atoms with Crippen molar-refractivity contribution < 1.29 is 9.66 Å². The van der Waals surface area contributed by atoms with Crippen molar-refractivity contribution in [3.63, 3.8) is 0 Å². The van der Waals surface area contributed by atoms with E-state index in [1.807, 2.05) is 0 Å². The molecule has 0 aliphatic carbocycles. The fourth-order valence-electron chi connectivity index (χ4n) is 1.02. The fraction of sp³-hybridized carbons (Fsp3) is 0.250. The lowest BCUT2D eigenvalue weighted by atomic mass is 10.2. The van der Waals surface area contributed by atoms with Crippen LogP contribution < -0.4 is 4.74 Å². The number of nitrogens with zero attached hydrogens (tertiary/aromatic N) is 1. The molecule has 1 rings (SSSR count). The number of nitro benzene ring substituents is 1. The zero-order chi connectivity index (χ0) is 10.7. The van der Waals surface area contributed by atoms with Crippen LogP contribution in [0.5, 0.6) is 5.75 Å². The first kappa shape index (κ1) is 11.1. The van der Waals surface area contributed by atoms with Crippen LogP contribution in [0.25, 0.3) is 0 Å². The maximum Gasteiger partial charge on any atom is 0.277 e. The van der Waals surface area contributed by atoms with Gasteiger partial charge in [0.05, 0.1) is 29.0 Å². The molecular formula is C8H7Cl2NO3. The van der Waals surface area contributed by atoms with E-state index in [0.29, 0.717) is 10.6 Å². The molecule has 0 aliphatic rings. The number of hydrogen-bond donors (Lipinski definition) is 0. The molecule has 76 valence electrons. The van der Waals surface area contributed by atoms with Crippen LogP contribution in [0.3, 0.4) is 0 Å². The van der Waals surface area contributed by atoms with Gasteiger partial charge in [-0.05, 0) is 6.07 Å². The van der Waals surface area contributed by atoms with E-state index in [4.69, 9.17) is 27.9 Å². The van der Waals surface area contributed by atoms with Crippen molar-refractivity contribution in [1.29, 1.82) is 0 Å². The topological polar surface area (TPSA) is 52.4 Å². The first-order chi connectivity index (χ1) is 6.60. The van der Waals surface area contributed by atoms with Crippen LogP contribution in [0.15, 0.2) is 12.1 Å². The predicted octanol–water partition coefficient (Wildman–Crippen LogP) is 3.00. The molecule has 0 amide bonds. The summed E-state index contributed by atoms with van der Waals surface area (Å²) in [5, 5.41) is 10.9. The molecule has 0 spiro atoms. The third kappa shape index (κ3) is 2.08. The van der Waals surface area contributed by atoms with Crippen molar-refractivity contribution in [2.24, 2.45) is 0 Å². The van der Waals surface area contributed by atoms with Gasteiger partial charge in [0, 0.05) is 5.56 Å². The second kappa shape index (κ2) is 4.48. The Morgan fingerprint density at radius 3 is 2.64 bits per heavy atom. The van der Waals surface area contributed by atoms with Crippen LogP contribution in [0, 0.1) is 10.1 Å². The SMILES string of the molecule is COc1cc([N+](=O)[O-])c(CCl)cc1Cl. The molecule has 0 bridgehead atoms. The van der Waals surface area contributed by atoms with Gasteiger partial charge in [-0.2, -0.15) is 0 Å². The molecule has 0 radical (unpaired) electrons. The minimum Gasteiger partial charge on any atom is -0.495 e. The highest BCUT2D eigenvalue weighted by atomic mass is 35.5. The normalized spacial score (nSPS) is 9.93. The highest BCUT2D eigenvalue weighted by Crippen LogP contribution is 2.32. The minimum atomic E-state index is -0.517. The second-order valence-electron chi connectivity index (χ2n) is 2.51. The van der Waals surface area contributed by atoms with Crippen LogP contribution in [0.1, 0.15) is 5.56 Å². The predicted molar refractivity (Wildman–Crippen MR) is 54.2 cm³/mol. The molecule has 6 heteroatoms. The van der Waals surface area contributed by atoms with E-state index in [2.05, 4.69) is 0 Å². The van der Waals surface area contributed by atoms with Gasteiger partial charge in [0.15, 0.2) is 0 Å². The number of rotatable bonds is 3. The van der Waals surface area contributed by atoms with Gasteiger partial charge in [-0.3, -0.25) is 10.1 Å². The van der Waals surface area contributed by atoms with Gasteiger partial charge in [-0.1, -0.05) is 11.6 Å². The summed E-state index contributed by atoms with van der Waals surface area (Å²) in [6.45, 7) is 0. The van der Waals surface area contributed by atoms with E-state index < -0.39 is 4.92 Å². The Kier molecular flexibility index (Phi) is 3.55. The van der Waals surface area contributed by atoms with Crippen LogP contribution in [-0.2, 0) is 5.88 Å². The van der Waals surface area contributed by atoms with E-state index >= 15 is 0 Å². The summed E-state index contributed by atoms with van der Waals surface area (Å²) in [4.78, 5) is 10.1. The van der Waals surface area contributed by atoms with E-state index in [1.54, 1.807) is 0 Å². The Bertz CT molecular complexity index is 368. The number of hydrogen-bond acceptors (Lipinski definition) is 3. The molecule has 0 saturated carbocycles. The van der Waals surface area contributed by atoms with Crippen molar-refractivity contribution in [2.45, 2.75) is 5.88 Å². The monoisotopic (exact) mass is 235 g/mol. The van der Waals surface area contributed by atoms with E-state index in [1.165, 1.54) is 19.2 Å². The first-order valence-corrected chi connectivity index (χ1v) is 4.58. The summed E-state index contributed by atoms with van der Waals surface area (Å²) in [5.41, 5.74) is 0.295. The van der Waals surface area contributed by atoms with Gasteiger partial charge >= 0.3 is 0 Å². The van der Waals surface area contributed by atoms with Gasteiger partial charge in [0.25, 0.3) is 5.69 Å². The molecule has 0 heterocycles. The van der Waals surface area contributed by atoms with Gasteiger partial charge < -0.3 is 4.74 Å². The average molecular weight is 236 g/mol. The van der Waals surface area contributed by atoms with E-state index in [0.717, 1.165) is 0 Å². The number of halogens is 2. The molecule has 0 aromatic heterocycles. The molecule has 0 aliphatic heterocycles. The number of alkyl halides is 1. The van der Waals surface area contributed by atoms with Gasteiger partial charge in [-0.25, -0.2) is 0 Å². The minimum absolute atomic E-state index is 0.0417. The lowest BCUT2D eigenvalue weighted by molar-refractivity contribution is -0.385. The summed E-state index contributed by atoms with van der Waals surface area (Å²) in [6.07, 6.45) is 0. The van der Waals surface area contributed by atoms with E-state index in [9.17, 15) is 10.1 Å². The maximum absolute atomic E-state index is 10.6. The first-order valence-electron chi connectivity index (χ1n) is 3.67. The summed E-state index contributed by atoms with van der Waals surface area (Å²) in [5.74, 6) is 0.312. The largest absolute Gasteiger partial charge is 0.495 e. The zero-order valence-corrected chi connectivity index (χ0v) is 8.80. The summed E-state index contributed by atoms with van der Waals surface area (Å²) in [6, 6.07) is 2.70. The van der Waals surface area contributed by atoms with E-state index in [-0.39, 0.29) is 17.3 Å². The Labute approximate surface area is 90.5 Å². The van der Waals surface area contributed by atoms with Gasteiger partial charge in [0.2, 0.25) is 0 Å². The van der Waals surface area contributed by atoms with Crippen LogP contribution >= 0.6 is 23.2 Å². The second-order valence-corrected chi connectivity index (χ2v) is 3.18. The molecule has 0 unspecified atom stereocenters. The highest BCUT2D eigenvalue weighted by Gasteiger charge is 2.16. The van der Waals surface area contributed by atoms with Crippen LogP contribution in [0.4, 0.5) is 5.69 Å². The lowest BCUT2D eigenvalue weighted by Crippen LogP contribution is -1.95. The number of nitro groups is 1. The molecule has 0 atom stereocenters. The quantitative estimate of drug-likeness (QED) is 0.460. The third-order valence-corrected chi connectivity index (χ3v) is 2.28. The molecule has 0 saturated heterocycles. The molecule has 4 nitrogen and oxygen atoms in total. The van der Waals surface area contributed by atoms with Crippen LogP contribution in [0.2, 0.25) is 5.02 Å². The zero-order valence-electron chi connectivity index (χ0n) is 7.29. The molecule has 14 heavy (non-hydrogen) atoms. The highest BCUT2D eigenvalue weighted by molar-refractivity contribution is 6.32. The molecule has 0 fully saturated rings. The Morgan fingerprint density at radius 2 is 2.21 bits per heavy atom. The van der Waals surface area contributed by atoms with Crippen molar-refractivity contribution in [3.05, 3.63) is 32.8 Å². The fourth-order valence-corrected chi connectivity index (χ4v) is 1.49. The van der Waals surface area contributed by atoms with Gasteiger partial charge in [-0.15, -0.1) is 11.6 Å². The van der Waals surface area contributed by atoms with Crippen LogP contribution in [-0.4, -0.2) is 12.0 Å². The summed E-state index contributed by atoms with van der Waals surface area (Å²) < 4.78 is 4.86. The number of benzene rings is 1. The maximum atomic E-state index is 10.6. The molecule has 1 aromatic rings. The average Bonchev–Trinajstić information content (AvgIpc) is 2.16.